The second kappa shape index (κ2) is 7.87. The lowest BCUT2D eigenvalue weighted by atomic mass is 10.1. The summed E-state index contributed by atoms with van der Waals surface area (Å²) in [5.41, 5.74) is 1.31. The fraction of sp³-hybridized carbons (Fsp3) is 0.176. The largest absolute Gasteiger partial charge is 0.488 e. The van der Waals surface area contributed by atoms with Gasteiger partial charge in [-0.15, -0.1) is 0 Å². The highest BCUT2D eigenvalue weighted by molar-refractivity contribution is 9.09. The average Bonchev–Trinajstić information content (AvgIpc) is 2.59. The summed E-state index contributed by atoms with van der Waals surface area (Å²) in [6.07, 6.45) is 0. The van der Waals surface area contributed by atoms with Gasteiger partial charge in [0.05, 0.1) is 12.4 Å². The van der Waals surface area contributed by atoms with Crippen molar-refractivity contribution in [3.05, 3.63) is 65.0 Å². The van der Waals surface area contributed by atoms with Gasteiger partial charge in [-0.05, 0) is 35.9 Å². The smallest absolute Gasteiger partial charge is 0.341 e. The van der Waals surface area contributed by atoms with Gasteiger partial charge in [-0.1, -0.05) is 28.1 Å². The zero-order valence-corrected chi connectivity index (χ0v) is 13.9. The van der Waals surface area contributed by atoms with E-state index in [4.69, 9.17) is 9.47 Å². The first-order chi connectivity index (χ1) is 11.0. The van der Waals surface area contributed by atoms with E-state index in [0.717, 1.165) is 5.56 Å². The standard InChI is InChI=1S/C17H14BrFO4/c1-22-17(21)14-8-12(15(20)9-18)4-7-16(14)23-10-11-2-5-13(19)6-3-11/h2-8H,9-10H2,1H3. The Hall–Kier alpha value is -2.21. The first-order valence-corrected chi connectivity index (χ1v) is 7.86. The number of carbonyl (C=O) groups excluding carboxylic acids is 2. The van der Waals surface area contributed by atoms with Gasteiger partial charge in [-0.25, -0.2) is 9.18 Å². The Morgan fingerprint density at radius 3 is 2.43 bits per heavy atom. The molecule has 2 aromatic carbocycles. The number of ketones is 1. The second-order valence-electron chi connectivity index (χ2n) is 4.67. The van der Waals surface area contributed by atoms with Crippen LogP contribution in [0.4, 0.5) is 4.39 Å². The van der Waals surface area contributed by atoms with Gasteiger partial charge in [0.1, 0.15) is 23.7 Å². The van der Waals surface area contributed by atoms with Crippen LogP contribution in [0, 0.1) is 5.82 Å². The zero-order valence-electron chi connectivity index (χ0n) is 12.3. The molecular weight excluding hydrogens is 367 g/mol. The maximum atomic E-state index is 12.9. The van der Waals surface area contributed by atoms with E-state index in [1.54, 1.807) is 24.3 Å². The van der Waals surface area contributed by atoms with E-state index in [-0.39, 0.29) is 29.1 Å². The summed E-state index contributed by atoms with van der Waals surface area (Å²) in [6.45, 7) is 0.163. The number of hydrogen-bond acceptors (Lipinski definition) is 4. The molecule has 0 aliphatic carbocycles. The number of esters is 1. The van der Waals surface area contributed by atoms with Crippen LogP contribution >= 0.6 is 15.9 Å². The molecule has 0 N–H and O–H groups in total. The predicted octanol–water partition coefficient (Wildman–Crippen LogP) is 3.77. The minimum absolute atomic E-state index is 0.153. The van der Waals surface area contributed by atoms with Crippen molar-refractivity contribution in [2.24, 2.45) is 0 Å². The van der Waals surface area contributed by atoms with Crippen molar-refractivity contribution >= 4 is 27.7 Å². The maximum Gasteiger partial charge on any atom is 0.341 e. The van der Waals surface area contributed by atoms with Gasteiger partial charge in [0.2, 0.25) is 0 Å². The second-order valence-corrected chi connectivity index (χ2v) is 5.24. The third-order valence-electron chi connectivity index (χ3n) is 3.14. The number of carbonyl (C=O) groups is 2. The fourth-order valence-corrected chi connectivity index (χ4v) is 2.24. The molecule has 0 saturated carbocycles. The van der Waals surface area contributed by atoms with E-state index in [2.05, 4.69) is 15.9 Å². The highest BCUT2D eigenvalue weighted by atomic mass is 79.9. The third-order valence-corrected chi connectivity index (χ3v) is 3.65. The average molecular weight is 381 g/mol. The molecule has 0 amide bonds. The molecule has 2 aromatic rings. The molecule has 0 bridgehead atoms. The zero-order chi connectivity index (χ0) is 16.8. The number of Topliss-reactive ketones (excluding diaryl/α,β-unsaturated/α-hetero) is 1. The summed E-state index contributed by atoms with van der Waals surface area (Å²) in [5.74, 6) is -0.780. The molecule has 0 aliphatic heterocycles. The Bertz CT molecular complexity index is 713. The molecule has 0 saturated heterocycles. The van der Waals surface area contributed by atoms with Crippen LogP contribution < -0.4 is 4.74 Å². The van der Waals surface area contributed by atoms with Gasteiger partial charge >= 0.3 is 5.97 Å². The molecule has 0 radical (unpaired) electrons. The molecule has 23 heavy (non-hydrogen) atoms. The number of alkyl halides is 1. The highest BCUT2D eigenvalue weighted by Crippen LogP contribution is 2.23. The van der Waals surface area contributed by atoms with E-state index >= 15 is 0 Å². The molecule has 0 heterocycles. The van der Waals surface area contributed by atoms with Gasteiger partial charge in [-0.3, -0.25) is 4.79 Å². The Morgan fingerprint density at radius 2 is 1.83 bits per heavy atom. The van der Waals surface area contributed by atoms with E-state index < -0.39 is 5.97 Å². The normalized spacial score (nSPS) is 10.2. The van der Waals surface area contributed by atoms with Crippen LogP contribution in [0.3, 0.4) is 0 Å². The van der Waals surface area contributed by atoms with E-state index in [1.165, 1.54) is 25.3 Å². The molecule has 2 rings (SSSR count). The van der Waals surface area contributed by atoms with Crippen molar-refractivity contribution in [3.8, 4) is 5.75 Å². The van der Waals surface area contributed by atoms with Crippen LogP contribution in [0.2, 0.25) is 0 Å². The van der Waals surface area contributed by atoms with Crippen molar-refractivity contribution in [1.29, 1.82) is 0 Å². The quantitative estimate of drug-likeness (QED) is 0.434. The molecule has 0 aromatic heterocycles. The Labute approximate surface area is 141 Å². The monoisotopic (exact) mass is 380 g/mol. The number of halogens is 2. The summed E-state index contributed by atoms with van der Waals surface area (Å²) in [5, 5.41) is 0.156. The molecule has 0 atom stereocenters. The summed E-state index contributed by atoms with van der Waals surface area (Å²) >= 11 is 3.09. The summed E-state index contributed by atoms with van der Waals surface area (Å²) < 4.78 is 23.2. The van der Waals surface area contributed by atoms with Crippen LogP contribution in [0.1, 0.15) is 26.3 Å². The first-order valence-electron chi connectivity index (χ1n) is 6.74. The molecule has 120 valence electrons. The van der Waals surface area contributed by atoms with Gasteiger partial charge in [0.15, 0.2) is 5.78 Å². The van der Waals surface area contributed by atoms with Crippen LogP contribution in [0.25, 0.3) is 0 Å². The van der Waals surface area contributed by atoms with Crippen molar-refractivity contribution in [1.82, 2.24) is 0 Å². The highest BCUT2D eigenvalue weighted by Gasteiger charge is 2.16. The number of ether oxygens (including phenoxy) is 2. The Kier molecular flexibility index (Phi) is 5.87. The van der Waals surface area contributed by atoms with E-state index in [1.807, 2.05) is 0 Å². The lowest BCUT2D eigenvalue weighted by Gasteiger charge is -2.11. The third kappa shape index (κ3) is 4.39. The molecule has 0 unspecified atom stereocenters. The van der Waals surface area contributed by atoms with Crippen LogP contribution in [0.5, 0.6) is 5.75 Å². The predicted molar refractivity (Wildman–Crippen MR) is 86.6 cm³/mol. The van der Waals surface area contributed by atoms with Gasteiger partial charge in [0, 0.05) is 5.56 Å². The number of rotatable bonds is 6. The van der Waals surface area contributed by atoms with E-state index in [0.29, 0.717) is 11.3 Å². The van der Waals surface area contributed by atoms with Gasteiger partial charge in [-0.2, -0.15) is 0 Å². The molecular formula is C17H14BrFO4. The molecule has 0 aliphatic rings. The topological polar surface area (TPSA) is 52.6 Å². The van der Waals surface area contributed by atoms with Crippen LogP contribution in [-0.4, -0.2) is 24.2 Å². The summed E-state index contributed by atoms with van der Waals surface area (Å²) in [6, 6.07) is 10.4. The molecule has 0 fully saturated rings. The number of benzene rings is 2. The minimum atomic E-state index is -0.594. The lowest BCUT2D eigenvalue weighted by molar-refractivity contribution is 0.0595. The molecule has 6 heteroatoms. The van der Waals surface area contributed by atoms with E-state index in [9.17, 15) is 14.0 Å². The van der Waals surface area contributed by atoms with Crippen molar-refractivity contribution < 1.29 is 23.5 Å². The lowest BCUT2D eigenvalue weighted by Crippen LogP contribution is -2.09. The van der Waals surface area contributed by atoms with Gasteiger partial charge < -0.3 is 9.47 Å². The molecule has 0 spiro atoms. The maximum absolute atomic E-state index is 12.9. The van der Waals surface area contributed by atoms with Crippen LogP contribution in [0.15, 0.2) is 42.5 Å². The van der Waals surface area contributed by atoms with Crippen LogP contribution in [-0.2, 0) is 11.3 Å². The van der Waals surface area contributed by atoms with Gasteiger partial charge in [0.25, 0.3) is 0 Å². The fourth-order valence-electron chi connectivity index (χ4n) is 1.92. The Balaban J connectivity index is 2.24. The summed E-state index contributed by atoms with van der Waals surface area (Å²) in [4.78, 5) is 23.6. The van der Waals surface area contributed by atoms with Crippen molar-refractivity contribution in [2.45, 2.75) is 6.61 Å². The van der Waals surface area contributed by atoms with Crippen molar-refractivity contribution in [3.63, 3.8) is 0 Å². The SMILES string of the molecule is COC(=O)c1cc(C(=O)CBr)ccc1OCc1ccc(F)cc1. The molecule has 4 nitrogen and oxygen atoms in total. The Morgan fingerprint density at radius 1 is 1.13 bits per heavy atom. The number of hydrogen-bond donors (Lipinski definition) is 0. The number of methoxy groups -OCH3 is 1. The minimum Gasteiger partial charge on any atom is -0.488 e. The summed E-state index contributed by atoms with van der Waals surface area (Å²) in [7, 11) is 1.26. The van der Waals surface area contributed by atoms with Crippen molar-refractivity contribution in [2.75, 3.05) is 12.4 Å². The first kappa shape index (κ1) is 17.1.